The Labute approximate surface area is 117 Å². The molecule has 1 aromatic heterocycles. The summed E-state index contributed by atoms with van der Waals surface area (Å²) in [6.45, 7) is 9.08. The van der Waals surface area contributed by atoms with Crippen LogP contribution in [0.15, 0.2) is 0 Å². The normalized spacial score (nSPS) is 19.5. The van der Waals surface area contributed by atoms with Crippen molar-refractivity contribution in [3.8, 4) is 0 Å². The van der Waals surface area contributed by atoms with Crippen molar-refractivity contribution in [2.24, 2.45) is 12.5 Å². The van der Waals surface area contributed by atoms with Gasteiger partial charge in [0.2, 0.25) is 0 Å². The van der Waals surface area contributed by atoms with E-state index >= 15 is 0 Å². The number of nitrogens with two attached hydrogens (primary N) is 1. The molecule has 1 fully saturated rings. The van der Waals surface area contributed by atoms with Crippen LogP contribution in [0.4, 0.5) is 11.5 Å². The summed E-state index contributed by atoms with van der Waals surface area (Å²) in [6.07, 6.45) is 5.82. The fourth-order valence-corrected chi connectivity index (χ4v) is 3.02. The van der Waals surface area contributed by atoms with Gasteiger partial charge in [0.25, 0.3) is 0 Å². The number of nitrogens with zero attached hydrogens (tertiary/aromatic N) is 3. The maximum atomic E-state index is 6.31. The number of aryl methyl sites for hydroxylation is 2. The number of rotatable bonds is 3. The van der Waals surface area contributed by atoms with E-state index in [9.17, 15) is 0 Å². The van der Waals surface area contributed by atoms with Gasteiger partial charge < -0.3 is 10.6 Å². The molecule has 0 bridgehead atoms. The monoisotopic (exact) mass is 264 g/mol. The Morgan fingerprint density at radius 1 is 1.26 bits per heavy atom. The van der Waals surface area contributed by atoms with E-state index < -0.39 is 0 Å². The fourth-order valence-electron chi connectivity index (χ4n) is 3.02. The van der Waals surface area contributed by atoms with E-state index in [1.54, 1.807) is 0 Å². The smallest absolute Gasteiger partial charge is 0.150 e. The Balaban J connectivity index is 2.22. The van der Waals surface area contributed by atoms with Crippen LogP contribution in [0.1, 0.15) is 52.1 Å². The molecule has 0 atom stereocenters. The van der Waals surface area contributed by atoms with Crippen molar-refractivity contribution in [1.82, 2.24) is 9.78 Å². The fraction of sp³-hybridized carbons (Fsp3) is 0.800. The van der Waals surface area contributed by atoms with Gasteiger partial charge in [0.1, 0.15) is 5.82 Å². The molecule has 1 aromatic rings. The molecular weight excluding hydrogens is 236 g/mol. The minimum absolute atomic E-state index is 0.453. The van der Waals surface area contributed by atoms with E-state index in [4.69, 9.17) is 5.73 Å². The highest BCUT2D eigenvalue weighted by molar-refractivity contribution is 5.66. The highest BCUT2D eigenvalue weighted by atomic mass is 15.4. The van der Waals surface area contributed by atoms with Gasteiger partial charge in [0.05, 0.1) is 11.4 Å². The average molecular weight is 264 g/mol. The third-order valence-corrected chi connectivity index (χ3v) is 4.26. The van der Waals surface area contributed by atoms with Crippen LogP contribution in [0.2, 0.25) is 0 Å². The average Bonchev–Trinajstić information content (AvgIpc) is 2.50. The molecule has 0 aliphatic carbocycles. The Hall–Kier alpha value is -1.19. The summed E-state index contributed by atoms with van der Waals surface area (Å²) < 4.78 is 1.97. The predicted molar refractivity (Wildman–Crippen MR) is 81.5 cm³/mol. The van der Waals surface area contributed by atoms with Gasteiger partial charge in [-0.15, -0.1) is 0 Å². The third-order valence-electron chi connectivity index (χ3n) is 4.26. The molecule has 0 unspecified atom stereocenters. The minimum Gasteiger partial charge on any atom is -0.394 e. The Kier molecular flexibility index (Phi) is 4.07. The number of nitrogen functional groups attached to an aromatic ring is 1. The van der Waals surface area contributed by atoms with Gasteiger partial charge in [-0.05, 0) is 31.1 Å². The van der Waals surface area contributed by atoms with Crippen molar-refractivity contribution < 1.29 is 0 Å². The van der Waals surface area contributed by atoms with Crippen molar-refractivity contribution in [3.05, 3.63) is 5.69 Å². The molecule has 2 heterocycles. The predicted octanol–water partition coefficient (Wildman–Crippen LogP) is 2.97. The van der Waals surface area contributed by atoms with Gasteiger partial charge in [0.15, 0.2) is 0 Å². The quantitative estimate of drug-likeness (QED) is 0.913. The molecule has 4 heteroatoms. The Morgan fingerprint density at radius 3 is 2.68 bits per heavy atom. The second-order valence-electron chi connectivity index (χ2n) is 6.56. The van der Waals surface area contributed by atoms with Crippen molar-refractivity contribution >= 4 is 11.5 Å². The van der Waals surface area contributed by atoms with E-state index in [0.717, 1.165) is 43.1 Å². The zero-order valence-corrected chi connectivity index (χ0v) is 12.9. The van der Waals surface area contributed by atoms with Crippen LogP contribution < -0.4 is 10.6 Å². The van der Waals surface area contributed by atoms with E-state index in [2.05, 4.69) is 30.8 Å². The van der Waals surface area contributed by atoms with E-state index in [0.29, 0.717) is 5.41 Å². The number of hydrogen-bond donors (Lipinski definition) is 1. The molecule has 1 aliphatic rings. The van der Waals surface area contributed by atoms with Gasteiger partial charge in [-0.3, -0.25) is 4.68 Å². The lowest BCUT2D eigenvalue weighted by molar-refractivity contribution is 0.325. The number of anilines is 2. The Morgan fingerprint density at radius 2 is 2.00 bits per heavy atom. The summed E-state index contributed by atoms with van der Waals surface area (Å²) >= 11 is 0. The van der Waals surface area contributed by atoms with Crippen LogP contribution in [0.5, 0.6) is 0 Å². The zero-order chi connectivity index (χ0) is 14.0. The van der Waals surface area contributed by atoms with Crippen molar-refractivity contribution in [3.63, 3.8) is 0 Å². The summed E-state index contributed by atoms with van der Waals surface area (Å²) in [5.74, 6) is 1.13. The molecule has 108 valence electrons. The van der Waals surface area contributed by atoms with Gasteiger partial charge >= 0.3 is 0 Å². The maximum absolute atomic E-state index is 6.31. The first-order valence-electron chi connectivity index (χ1n) is 7.51. The first-order chi connectivity index (χ1) is 8.94. The van der Waals surface area contributed by atoms with E-state index in [-0.39, 0.29) is 0 Å². The molecule has 0 saturated carbocycles. The Bertz CT molecular complexity index is 434. The molecule has 0 amide bonds. The molecule has 1 saturated heterocycles. The summed E-state index contributed by atoms with van der Waals surface area (Å²) in [5.41, 5.74) is 8.72. The van der Waals surface area contributed by atoms with Gasteiger partial charge in [-0.2, -0.15) is 5.10 Å². The summed E-state index contributed by atoms with van der Waals surface area (Å²) in [6, 6.07) is 0. The zero-order valence-electron chi connectivity index (χ0n) is 12.9. The number of hydrogen-bond acceptors (Lipinski definition) is 3. The lowest BCUT2D eigenvalue weighted by atomic mass is 9.85. The largest absolute Gasteiger partial charge is 0.394 e. The van der Waals surface area contributed by atoms with E-state index in [1.807, 2.05) is 11.7 Å². The second-order valence-corrected chi connectivity index (χ2v) is 6.56. The summed E-state index contributed by atoms with van der Waals surface area (Å²) in [4.78, 5) is 2.43. The molecular formula is C15H28N4. The number of aromatic nitrogens is 2. The second kappa shape index (κ2) is 5.43. The molecule has 1 aliphatic heterocycles. The van der Waals surface area contributed by atoms with Crippen LogP contribution in [-0.4, -0.2) is 22.9 Å². The molecule has 0 spiro atoms. The van der Waals surface area contributed by atoms with Crippen molar-refractivity contribution in [1.29, 1.82) is 0 Å². The van der Waals surface area contributed by atoms with Gasteiger partial charge in [-0.25, -0.2) is 0 Å². The molecule has 0 radical (unpaired) electrons. The van der Waals surface area contributed by atoms with Crippen LogP contribution in [0.25, 0.3) is 0 Å². The van der Waals surface area contributed by atoms with Gasteiger partial charge in [0, 0.05) is 20.1 Å². The third kappa shape index (κ3) is 3.04. The van der Waals surface area contributed by atoms with E-state index in [1.165, 1.54) is 19.3 Å². The topological polar surface area (TPSA) is 47.1 Å². The summed E-state index contributed by atoms with van der Waals surface area (Å²) in [7, 11) is 2.01. The van der Waals surface area contributed by atoms with Crippen LogP contribution in [0.3, 0.4) is 0 Å². The lowest BCUT2D eigenvalue weighted by Crippen LogP contribution is -2.27. The van der Waals surface area contributed by atoms with Gasteiger partial charge in [-0.1, -0.05) is 27.2 Å². The SMILES string of the molecule is CCCc1nn(C)c(N2CCCC(C)(C)CC2)c1N. The molecule has 0 aromatic carbocycles. The van der Waals surface area contributed by atoms with Crippen LogP contribution in [-0.2, 0) is 13.5 Å². The summed E-state index contributed by atoms with van der Waals surface area (Å²) in [5, 5.41) is 4.59. The molecule has 2 rings (SSSR count). The highest BCUT2D eigenvalue weighted by Crippen LogP contribution is 2.34. The maximum Gasteiger partial charge on any atom is 0.150 e. The van der Waals surface area contributed by atoms with Crippen molar-refractivity contribution in [2.75, 3.05) is 23.7 Å². The first kappa shape index (κ1) is 14.2. The van der Waals surface area contributed by atoms with Crippen molar-refractivity contribution in [2.45, 2.75) is 52.9 Å². The van der Waals surface area contributed by atoms with Crippen LogP contribution >= 0.6 is 0 Å². The molecule has 19 heavy (non-hydrogen) atoms. The standard InChI is InChI=1S/C15H28N4/c1-5-7-12-13(16)14(18(4)17-12)19-10-6-8-15(2,3)9-11-19/h5-11,16H2,1-4H3. The minimum atomic E-state index is 0.453. The highest BCUT2D eigenvalue weighted by Gasteiger charge is 2.26. The molecule has 4 nitrogen and oxygen atoms in total. The lowest BCUT2D eigenvalue weighted by Gasteiger charge is -2.25. The first-order valence-corrected chi connectivity index (χ1v) is 7.51. The van der Waals surface area contributed by atoms with Crippen LogP contribution in [0, 0.1) is 5.41 Å². The molecule has 2 N–H and O–H groups in total.